The molecule has 0 aromatic heterocycles. The zero-order chi connectivity index (χ0) is 11.2. The fraction of sp³-hybridized carbons (Fsp3) is 0.200. The number of fused-ring (bicyclic) bond motifs is 1. The monoisotopic (exact) mass is 271 g/mol. The van der Waals surface area contributed by atoms with Crippen LogP contribution < -0.4 is 0 Å². The molecule has 2 rings (SSSR count). The minimum absolute atomic E-state index is 0.0141. The maximum absolute atomic E-state index is 13.5. The molecule has 0 fully saturated rings. The smallest absolute Gasteiger partial charge is 0.180 e. The summed E-state index contributed by atoms with van der Waals surface area (Å²) in [5.74, 6) is -2.99. The second kappa shape index (κ2) is 3.38. The highest BCUT2D eigenvalue weighted by Gasteiger charge is 2.34. The fourth-order valence-electron chi connectivity index (χ4n) is 1.64. The van der Waals surface area contributed by atoms with Crippen LogP contribution in [0, 0.1) is 28.9 Å². The molecule has 0 saturated heterocycles. The van der Waals surface area contributed by atoms with E-state index in [1.807, 2.05) is 0 Å². The number of ketones is 1. The Morgan fingerprint density at radius 1 is 1.53 bits per heavy atom. The number of hydrogen-bond acceptors (Lipinski definition) is 2. The zero-order valence-electron chi connectivity index (χ0n) is 7.35. The van der Waals surface area contributed by atoms with Gasteiger partial charge in [0.1, 0.15) is 17.6 Å². The number of nitriles is 1. The summed E-state index contributed by atoms with van der Waals surface area (Å²) < 4.78 is 26.3. The summed E-state index contributed by atoms with van der Waals surface area (Å²) in [5, 5.41) is 8.64. The van der Waals surface area contributed by atoms with Crippen molar-refractivity contribution in [1.29, 1.82) is 5.26 Å². The second-order valence-electron chi connectivity index (χ2n) is 3.26. The summed E-state index contributed by atoms with van der Waals surface area (Å²) in [4.78, 5) is 11.5. The molecular formula is C10H4BrF2NO. The van der Waals surface area contributed by atoms with Crippen molar-refractivity contribution in [2.24, 2.45) is 5.92 Å². The number of nitrogens with zero attached hydrogens (tertiary/aromatic N) is 1. The topological polar surface area (TPSA) is 40.9 Å². The summed E-state index contributed by atoms with van der Waals surface area (Å²) >= 11 is 2.75. The van der Waals surface area contributed by atoms with Crippen LogP contribution in [0.15, 0.2) is 10.5 Å². The van der Waals surface area contributed by atoms with Crippen molar-refractivity contribution in [2.75, 3.05) is 0 Å². The van der Waals surface area contributed by atoms with Crippen molar-refractivity contribution < 1.29 is 13.6 Å². The minimum Gasteiger partial charge on any atom is -0.293 e. The van der Waals surface area contributed by atoms with Gasteiger partial charge in [-0.2, -0.15) is 5.26 Å². The first-order valence-electron chi connectivity index (χ1n) is 4.16. The van der Waals surface area contributed by atoms with E-state index in [1.54, 1.807) is 6.07 Å². The first-order valence-corrected chi connectivity index (χ1v) is 4.95. The normalized spacial score (nSPS) is 18.8. The Labute approximate surface area is 92.6 Å². The summed E-state index contributed by atoms with van der Waals surface area (Å²) in [6.07, 6.45) is 0.0232. The van der Waals surface area contributed by atoms with Crippen molar-refractivity contribution in [3.8, 4) is 6.07 Å². The van der Waals surface area contributed by atoms with Crippen molar-refractivity contribution >= 4 is 21.7 Å². The van der Waals surface area contributed by atoms with E-state index in [0.29, 0.717) is 0 Å². The molecule has 0 spiro atoms. The Morgan fingerprint density at radius 2 is 2.20 bits per heavy atom. The summed E-state index contributed by atoms with van der Waals surface area (Å²) in [6, 6.07) is 2.75. The lowest BCUT2D eigenvalue weighted by atomic mass is 10.1. The van der Waals surface area contributed by atoms with Gasteiger partial charge in [0.05, 0.1) is 10.5 Å². The van der Waals surface area contributed by atoms with Gasteiger partial charge in [-0.05, 0) is 28.4 Å². The third kappa shape index (κ3) is 1.37. The molecule has 1 aliphatic rings. The van der Waals surface area contributed by atoms with E-state index in [2.05, 4.69) is 15.9 Å². The molecule has 0 N–H and O–H groups in total. The Kier molecular flexibility index (Phi) is 2.31. The van der Waals surface area contributed by atoms with Crippen LogP contribution in [-0.2, 0) is 6.42 Å². The molecule has 1 unspecified atom stereocenters. The van der Waals surface area contributed by atoms with Crippen LogP contribution in [0.1, 0.15) is 15.9 Å². The first-order chi connectivity index (χ1) is 7.06. The molecule has 1 aromatic carbocycles. The minimum atomic E-state index is -0.886. The molecular weight excluding hydrogens is 268 g/mol. The van der Waals surface area contributed by atoms with Crippen molar-refractivity contribution in [2.45, 2.75) is 6.42 Å². The van der Waals surface area contributed by atoms with E-state index in [-0.39, 0.29) is 22.0 Å². The molecule has 1 atom stereocenters. The second-order valence-corrected chi connectivity index (χ2v) is 4.06. The van der Waals surface area contributed by atoms with Crippen LogP contribution in [0.2, 0.25) is 0 Å². The average molecular weight is 272 g/mol. The average Bonchev–Trinajstić information content (AvgIpc) is 2.53. The van der Waals surface area contributed by atoms with Crippen molar-refractivity contribution in [1.82, 2.24) is 0 Å². The maximum atomic E-state index is 13.5. The lowest BCUT2D eigenvalue weighted by Gasteiger charge is -2.02. The molecule has 0 saturated carbocycles. The molecule has 0 aliphatic heterocycles. The third-order valence-corrected chi connectivity index (χ3v) is 3.14. The van der Waals surface area contributed by atoms with E-state index >= 15 is 0 Å². The number of carbonyl (C=O) groups excluding carboxylic acids is 1. The van der Waals surface area contributed by atoms with Crippen molar-refractivity contribution in [3.63, 3.8) is 0 Å². The van der Waals surface area contributed by atoms with Gasteiger partial charge in [-0.3, -0.25) is 4.79 Å². The molecule has 1 aliphatic carbocycles. The number of rotatable bonds is 0. The van der Waals surface area contributed by atoms with Crippen LogP contribution in [0.25, 0.3) is 0 Å². The predicted molar refractivity (Wildman–Crippen MR) is 51.2 cm³/mol. The molecule has 0 bridgehead atoms. The zero-order valence-corrected chi connectivity index (χ0v) is 8.94. The van der Waals surface area contributed by atoms with Gasteiger partial charge in [0, 0.05) is 11.1 Å². The summed E-state index contributed by atoms with van der Waals surface area (Å²) in [5.41, 5.74) is 0.111. The lowest BCUT2D eigenvalue weighted by molar-refractivity contribution is 0.0963. The predicted octanol–water partition coefficient (Wildman–Crippen LogP) is 2.61. The highest BCUT2D eigenvalue weighted by atomic mass is 79.9. The molecule has 2 nitrogen and oxygen atoms in total. The van der Waals surface area contributed by atoms with Gasteiger partial charge in [0.25, 0.3) is 0 Å². The standard InChI is InChI=1S/C10H4BrF2NO/c11-8-7(12)2-6-5(9(8)13)1-4(3-14)10(6)15/h2,4H,1H2. The summed E-state index contributed by atoms with van der Waals surface area (Å²) in [6.45, 7) is 0. The highest BCUT2D eigenvalue weighted by molar-refractivity contribution is 9.10. The van der Waals surface area contributed by atoms with Gasteiger partial charge >= 0.3 is 0 Å². The van der Waals surface area contributed by atoms with Crippen LogP contribution in [0.3, 0.4) is 0 Å². The maximum Gasteiger partial charge on any atom is 0.180 e. The quantitative estimate of drug-likeness (QED) is 0.681. The van der Waals surface area contributed by atoms with Crippen molar-refractivity contribution in [3.05, 3.63) is 33.3 Å². The third-order valence-electron chi connectivity index (χ3n) is 2.41. The molecule has 0 radical (unpaired) electrons. The largest absolute Gasteiger partial charge is 0.293 e. The van der Waals surface area contributed by atoms with E-state index in [1.165, 1.54) is 0 Å². The SMILES string of the molecule is N#CC1Cc2c(cc(F)c(Br)c2F)C1=O. The number of carbonyl (C=O) groups is 1. The molecule has 0 heterocycles. The Balaban J connectivity index is 2.66. The van der Waals surface area contributed by atoms with Gasteiger partial charge in [-0.25, -0.2) is 8.78 Å². The van der Waals surface area contributed by atoms with Gasteiger partial charge in [-0.15, -0.1) is 0 Å². The van der Waals surface area contributed by atoms with Crippen LogP contribution >= 0.6 is 15.9 Å². The molecule has 5 heteroatoms. The molecule has 76 valence electrons. The Bertz CT molecular complexity index is 507. The van der Waals surface area contributed by atoms with E-state index in [9.17, 15) is 13.6 Å². The van der Waals surface area contributed by atoms with Gasteiger partial charge < -0.3 is 0 Å². The van der Waals surface area contributed by atoms with Gasteiger partial charge in [-0.1, -0.05) is 0 Å². The Morgan fingerprint density at radius 3 is 2.80 bits per heavy atom. The number of Topliss-reactive ketones (excluding diaryl/α,β-unsaturated/α-hetero) is 1. The Hall–Kier alpha value is -1.28. The number of halogens is 3. The molecule has 1 aromatic rings. The number of benzene rings is 1. The van der Waals surface area contributed by atoms with E-state index < -0.39 is 23.3 Å². The van der Waals surface area contributed by atoms with Gasteiger partial charge in [0.2, 0.25) is 0 Å². The lowest BCUT2D eigenvalue weighted by Crippen LogP contribution is -2.05. The van der Waals surface area contributed by atoms with Crippen LogP contribution in [0.5, 0.6) is 0 Å². The first kappa shape index (κ1) is 10.2. The van der Waals surface area contributed by atoms with Crippen LogP contribution in [-0.4, -0.2) is 5.78 Å². The van der Waals surface area contributed by atoms with Gasteiger partial charge in [0.15, 0.2) is 5.78 Å². The molecule has 0 amide bonds. The van der Waals surface area contributed by atoms with E-state index in [4.69, 9.17) is 5.26 Å². The van der Waals surface area contributed by atoms with Crippen LogP contribution in [0.4, 0.5) is 8.78 Å². The fourth-order valence-corrected chi connectivity index (χ4v) is 1.99. The van der Waals surface area contributed by atoms with E-state index in [0.717, 1.165) is 6.07 Å². The molecule has 15 heavy (non-hydrogen) atoms. The summed E-state index contributed by atoms with van der Waals surface area (Å²) in [7, 11) is 0. The highest BCUT2D eigenvalue weighted by Crippen LogP contribution is 2.33. The number of hydrogen-bond donors (Lipinski definition) is 0.